The molecule has 0 unspecified atom stereocenters. The number of thiazole rings is 1. The predicted octanol–water partition coefficient (Wildman–Crippen LogP) is 4.52. The molecule has 0 saturated carbocycles. The minimum Gasteiger partial charge on any atom is -0.290 e. The van der Waals surface area contributed by atoms with Crippen molar-refractivity contribution in [3.63, 3.8) is 0 Å². The lowest BCUT2D eigenvalue weighted by Gasteiger charge is -1.95. The van der Waals surface area contributed by atoms with Crippen LogP contribution in [0.4, 0.5) is 0 Å². The van der Waals surface area contributed by atoms with E-state index in [1.54, 1.807) is 11.3 Å². The number of hydrogen-bond acceptors (Lipinski definition) is 2. The summed E-state index contributed by atoms with van der Waals surface area (Å²) in [6.45, 7) is 2.12. The van der Waals surface area contributed by atoms with Crippen LogP contribution in [0.1, 0.15) is 5.56 Å². The van der Waals surface area contributed by atoms with E-state index in [2.05, 4.69) is 47.9 Å². The number of aromatic nitrogens is 2. The molecule has 0 aliphatic carbocycles. The molecule has 2 aromatic heterocycles. The summed E-state index contributed by atoms with van der Waals surface area (Å²) in [6, 6.07) is 16.9. The highest BCUT2D eigenvalue weighted by Gasteiger charge is 2.09. The quantitative estimate of drug-likeness (QED) is 0.494. The Bertz CT molecular complexity index is 872. The monoisotopic (exact) mass is 264 g/mol. The van der Waals surface area contributed by atoms with Gasteiger partial charge in [-0.05, 0) is 24.6 Å². The Balaban J connectivity index is 2.00. The highest BCUT2D eigenvalue weighted by molar-refractivity contribution is 7.23. The van der Waals surface area contributed by atoms with E-state index in [0.29, 0.717) is 0 Å². The van der Waals surface area contributed by atoms with Crippen molar-refractivity contribution < 1.29 is 0 Å². The number of benzene rings is 2. The highest BCUT2D eigenvalue weighted by Crippen LogP contribution is 2.29. The van der Waals surface area contributed by atoms with Crippen molar-refractivity contribution in [3.05, 3.63) is 60.3 Å². The molecule has 2 aromatic carbocycles. The van der Waals surface area contributed by atoms with Crippen molar-refractivity contribution in [2.24, 2.45) is 0 Å². The molecule has 0 radical (unpaired) electrons. The molecule has 3 heteroatoms. The van der Waals surface area contributed by atoms with Crippen LogP contribution in [0.15, 0.2) is 54.7 Å². The average Bonchev–Trinajstić information content (AvgIpc) is 2.98. The van der Waals surface area contributed by atoms with Crippen molar-refractivity contribution >= 4 is 26.5 Å². The number of hydrogen-bond donors (Lipinski definition) is 0. The van der Waals surface area contributed by atoms with E-state index in [-0.39, 0.29) is 0 Å². The van der Waals surface area contributed by atoms with Gasteiger partial charge in [-0.1, -0.05) is 47.7 Å². The number of fused-ring (bicyclic) bond motifs is 3. The van der Waals surface area contributed by atoms with E-state index in [4.69, 9.17) is 4.98 Å². The zero-order chi connectivity index (χ0) is 12.8. The van der Waals surface area contributed by atoms with Crippen LogP contribution in [0.25, 0.3) is 26.4 Å². The second-order valence-electron chi connectivity index (χ2n) is 4.72. The van der Waals surface area contributed by atoms with Crippen molar-refractivity contribution in [2.75, 3.05) is 0 Å². The first-order chi connectivity index (χ1) is 9.31. The fourth-order valence-corrected chi connectivity index (χ4v) is 3.34. The second kappa shape index (κ2) is 3.93. The molecule has 0 bridgehead atoms. The predicted molar refractivity (Wildman–Crippen MR) is 80.7 cm³/mol. The van der Waals surface area contributed by atoms with E-state index in [1.165, 1.54) is 21.3 Å². The molecule has 0 amide bonds. The van der Waals surface area contributed by atoms with Crippen LogP contribution in [0.5, 0.6) is 0 Å². The standard InChI is InChI=1S/C16H12N2S/c1-11-7-8-15-14(9-11)18-10-13(17-16(18)19-15)12-5-3-2-4-6-12/h2-10H,1H3. The smallest absolute Gasteiger partial charge is 0.195 e. The summed E-state index contributed by atoms with van der Waals surface area (Å²) in [5.41, 5.74) is 4.73. The minimum absolute atomic E-state index is 1.04. The van der Waals surface area contributed by atoms with Gasteiger partial charge in [-0.25, -0.2) is 4.98 Å². The fraction of sp³-hybridized carbons (Fsp3) is 0.0625. The van der Waals surface area contributed by atoms with Gasteiger partial charge in [0.25, 0.3) is 0 Å². The van der Waals surface area contributed by atoms with Gasteiger partial charge in [-0.15, -0.1) is 0 Å². The maximum absolute atomic E-state index is 4.73. The lowest BCUT2D eigenvalue weighted by molar-refractivity contribution is 1.29. The Hall–Kier alpha value is -2.13. The SMILES string of the molecule is Cc1ccc2sc3nc(-c4ccccc4)cn3c2c1. The van der Waals surface area contributed by atoms with Gasteiger partial charge in [0.2, 0.25) is 0 Å². The molecule has 0 aliphatic rings. The number of nitrogens with zero attached hydrogens (tertiary/aromatic N) is 2. The topological polar surface area (TPSA) is 17.3 Å². The summed E-state index contributed by atoms with van der Waals surface area (Å²) >= 11 is 1.74. The van der Waals surface area contributed by atoms with Crippen LogP contribution in [0.2, 0.25) is 0 Å². The Morgan fingerprint density at radius 2 is 1.89 bits per heavy atom. The summed E-state index contributed by atoms with van der Waals surface area (Å²) < 4.78 is 3.47. The van der Waals surface area contributed by atoms with E-state index in [1.807, 2.05) is 18.2 Å². The maximum atomic E-state index is 4.73. The highest BCUT2D eigenvalue weighted by atomic mass is 32.1. The van der Waals surface area contributed by atoms with E-state index in [9.17, 15) is 0 Å². The van der Waals surface area contributed by atoms with E-state index >= 15 is 0 Å². The molecule has 2 nitrogen and oxygen atoms in total. The molecule has 92 valence electrons. The molecule has 0 spiro atoms. The van der Waals surface area contributed by atoms with E-state index < -0.39 is 0 Å². The first-order valence-electron chi connectivity index (χ1n) is 6.25. The summed E-state index contributed by atoms with van der Waals surface area (Å²) in [7, 11) is 0. The normalized spacial score (nSPS) is 11.4. The minimum atomic E-state index is 1.04. The average molecular weight is 264 g/mol. The Kier molecular flexibility index (Phi) is 2.23. The Labute approximate surface area is 115 Å². The summed E-state index contributed by atoms with van der Waals surface area (Å²) in [5, 5.41) is 0. The van der Waals surface area contributed by atoms with Crippen molar-refractivity contribution in [1.29, 1.82) is 0 Å². The zero-order valence-electron chi connectivity index (χ0n) is 10.5. The lowest BCUT2D eigenvalue weighted by atomic mass is 10.2. The van der Waals surface area contributed by atoms with Gasteiger partial charge in [0, 0.05) is 11.8 Å². The van der Waals surface area contributed by atoms with Gasteiger partial charge < -0.3 is 0 Å². The van der Waals surface area contributed by atoms with Crippen LogP contribution in [-0.2, 0) is 0 Å². The Morgan fingerprint density at radius 1 is 1.05 bits per heavy atom. The molecule has 0 fully saturated rings. The molecule has 4 rings (SSSR count). The largest absolute Gasteiger partial charge is 0.290 e. The van der Waals surface area contributed by atoms with E-state index in [0.717, 1.165) is 10.7 Å². The van der Waals surface area contributed by atoms with Crippen LogP contribution in [-0.4, -0.2) is 9.38 Å². The van der Waals surface area contributed by atoms with Gasteiger partial charge >= 0.3 is 0 Å². The molecule has 0 atom stereocenters. The molecule has 2 heterocycles. The zero-order valence-corrected chi connectivity index (χ0v) is 11.3. The van der Waals surface area contributed by atoms with Gasteiger partial charge in [0.1, 0.15) is 0 Å². The van der Waals surface area contributed by atoms with Crippen molar-refractivity contribution in [1.82, 2.24) is 9.38 Å². The number of aryl methyl sites for hydroxylation is 1. The van der Waals surface area contributed by atoms with Gasteiger partial charge in [0.05, 0.1) is 15.9 Å². The summed E-state index contributed by atoms with van der Waals surface area (Å²) in [4.78, 5) is 5.79. The van der Waals surface area contributed by atoms with Gasteiger partial charge in [-0.2, -0.15) is 0 Å². The first kappa shape index (κ1) is 10.8. The molecule has 19 heavy (non-hydrogen) atoms. The number of rotatable bonds is 1. The van der Waals surface area contributed by atoms with Gasteiger partial charge in [-0.3, -0.25) is 4.40 Å². The Morgan fingerprint density at radius 3 is 2.74 bits per heavy atom. The van der Waals surface area contributed by atoms with Gasteiger partial charge in [0.15, 0.2) is 4.96 Å². The molecule has 0 saturated heterocycles. The lowest BCUT2D eigenvalue weighted by Crippen LogP contribution is -1.78. The molecule has 4 aromatic rings. The second-order valence-corrected chi connectivity index (χ2v) is 5.73. The van der Waals surface area contributed by atoms with Crippen LogP contribution < -0.4 is 0 Å². The van der Waals surface area contributed by atoms with Crippen molar-refractivity contribution in [2.45, 2.75) is 6.92 Å². The molecule has 0 aliphatic heterocycles. The molecule has 0 N–H and O–H groups in total. The summed E-state index contributed by atoms with van der Waals surface area (Å²) in [6.07, 6.45) is 2.13. The fourth-order valence-electron chi connectivity index (χ4n) is 2.36. The molecular formula is C16H12N2S. The summed E-state index contributed by atoms with van der Waals surface area (Å²) in [5.74, 6) is 0. The third-order valence-corrected chi connectivity index (χ3v) is 4.35. The third kappa shape index (κ3) is 1.66. The maximum Gasteiger partial charge on any atom is 0.195 e. The third-order valence-electron chi connectivity index (χ3n) is 3.32. The molecular weight excluding hydrogens is 252 g/mol. The first-order valence-corrected chi connectivity index (χ1v) is 7.06. The van der Waals surface area contributed by atoms with Crippen LogP contribution in [0.3, 0.4) is 0 Å². The number of imidazole rings is 1. The van der Waals surface area contributed by atoms with Crippen molar-refractivity contribution in [3.8, 4) is 11.3 Å². The van der Waals surface area contributed by atoms with Crippen LogP contribution >= 0.6 is 11.3 Å². The van der Waals surface area contributed by atoms with Crippen LogP contribution in [0, 0.1) is 6.92 Å².